The molecule has 2 heterocycles. The van der Waals surface area contributed by atoms with Crippen LogP contribution in [0.5, 0.6) is 0 Å². The van der Waals surface area contributed by atoms with Gasteiger partial charge in [0.1, 0.15) is 5.56 Å². The van der Waals surface area contributed by atoms with Gasteiger partial charge in [0.15, 0.2) is 5.82 Å². The van der Waals surface area contributed by atoms with E-state index in [1.807, 2.05) is 4.90 Å². The Bertz CT molecular complexity index is 442. The highest BCUT2D eigenvalue weighted by Gasteiger charge is 2.24. The Balaban J connectivity index is 2.04. The monoisotopic (exact) mass is 264 g/mol. The fourth-order valence-corrected chi connectivity index (χ4v) is 2.57. The lowest BCUT2D eigenvalue weighted by Gasteiger charge is -2.34. The third-order valence-electron chi connectivity index (χ3n) is 3.47. The van der Waals surface area contributed by atoms with E-state index >= 15 is 0 Å². The van der Waals surface area contributed by atoms with E-state index in [4.69, 9.17) is 5.11 Å². The van der Waals surface area contributed by atoms with Crippen molar-refractivity contribution in [1.29, 1.82) is 0 Å². The van der Waals surface area contributed by atoms with E-state index in [0.717, 1.165) is 32.5 Å². The van der Waals surface area contributed by atoms with Gasteiger partial charge in [0.25, 0.3) is 0 Å². The molecule has 104 valence electrons. The summed E-state index contributed by atoms with van der Waals surface area (Å²) in [6.07, 6.45) is 3.55. The fourth-order valence-electron chi connectivity index (χ4n) is 2.57. The van der Waals surface area contributed by atoms with Crippen molar-refractivity contribution in [3.63, 3.8) is 0 Å². The van der Waals surface area contributed by atoms with Gasteiger partial charge in [-0.2, -0.15) is 5.10 Å². The van der Waals surface area contributed by atoms with Crippen LogP contribution >= 0.6 is 0 Å². The van der Waals surface area contributed by atoms with Gasteiger partial charge in [-0.15, -0.1) is 5.10 Å². The molecule has 0 aliphatic carbocycles. The maximum Gasteiger partial charge on any atom is 0.339 e. The lowest BCUT2D eigenvalue weighted by molar-refractivity contribution is 0.0697. The summed E-state index contributed by atoms with van der Waals surface area (Å²) >= 11 is 0. The molecule has 0 spiro atoms. The standard InChI is InChI=1S/C13H20N4O2/c1-16(2)9-10-4-7-17(8-5-10)12-11(13(18)19)3-6-14-15-12/h3,6,10H,4-5,7-9H2,1-2H3,(H,18,19). The van der Waals surface area contributed by atoms with Crippen molar-refractivity contribution in [2.75, 3.05) is 38.6 Å². The van der Waals surface area contributed by atoms with Crippen LogP contribution in [0.15, 0.2) is 12.3 Å². The van der Waals surface area contributed by atoms with Crippen molar-refractivity contribution in [1.82, 2.24) is 15.1 Å². The molecule has 2 rings (SSSR count). The largest absolute Gasteiger partial charge is 0.478 e. The van der Waals surface area contributed by atoms with Crippen LogP contribution in [0.25, 0.3) is 0 Å². The number of rotatable bonds is 4. The first-order valence-corrected chi connectivity index (χ1v) is 6.52. The Hall–Kier alpha value is -1.69. The quantitative estimate of drug-likeness (QED) is 0.873. The Morgan fingerprint density at radius 3 is 2.74 bits per heavy atom. The zero-order valence-electron chi connectivity index (χ0n) is 11.4. The number of carboxylic acids is 1. The lowest BCUT2D eigenvalue weighted by atomic mass is 9.96. The summed E-state index contributed by atoms with van der Waals surface area (Å²) in [6.45, 7) is 2.77. The van der Waals surface area contributed by atoms with Crippen LogP contribution in [-0.2, 0) is 0 Å². The molecule has 1 aliphatic heterocycles. The van der Waals surface area contributed by atoms with E-state index in [1.165, 1.54) is 12.3 Å². The number of anilines is 1. The van der Waals surface area contributed by atoms with Gasteiger partial charge in [-0.3, -0.25) is 0 Å². The molecule has 0 amide bonds. The molecule has 0 bridgehead atoms. The van der Waals surface area contributed by atoms with Crippen LogP contribution in [0.1, 0.15) is 23.2 Å². The van der Waals surface area contributed by atoms with Crippen LogP contribution in [0.4, 0.5) is 5.82 Å². The van der Waals surface area contributed by atoms with Crippen LogP contribution in [0.2, 0.25) is 0 Å². The summed E-state index contributed by atoms with van der Waals surface area (Å²) in [5.74, 6) is 0.231. The molecule has 1 aromatic heterocycles. The molecule has 0 aromatic carbocycles. The summed E-state index contributed by atoms with van der Waals surface area (Å²) in [5.41, 5.74) is 0.237. The predicted octanol–water partition coefficient (Wildman–Crippen LogP) is 0.953. The molecule has 19 heavy (non-hydrogen) atoms. The molecule has 1 saturated heterocycles. The second-order valence-electron chi connectivity index (χ2n) is 5.27. The average molecular weight is 264 g/mol. The highest BCUT2D eigenvalue weighted by atomic mass is 16.4. The molecule has 1 aliphatic rings. The maximum absolute atomic E-state index is 11.2. The van der Waals surface area contributed by atoms with Crippen LogP contribution in [0, 0.1) is 5.92 Å². The molecule has 6 nitrogen and oxygen atoms in total. The first kappa shape index (κ1) is 13.7. The normalized spacial score (nSPS) is 16.9. The highest BCUT2D eigenvalue weighted by molar-refractivity contribution is 5.93. The molecule has 0 atom stereocenters. The van der Waals surface area contributed by atoms with Gasteiger partial charge in [0, 0.05) is 19.6 Å². The van der Waals surface area contributed by atoms with Gasteiger partial charge in [0.05, 0.1) is 6.20 Å². The van der Waals surface area contributed by atoms with E-state index in [2.05, 4.69) is 29.2 Å². The topological polar surface area (TPSA) is 69.6 Å². The summed E-state index contributed by atoms with van der Waals surface area (Å²) in [7, 11) is 4.16. The SMILES string of the molecule is CN(C)CC1CCN(c2nnccc2C(=O)O)CC1. The molecule has 0 radical (unpaired) electrons. The Labute approximate surface area is 113 Å². The van der Waals surface area contributed by atoms with Crippen LogP contribution in [0.3, 0.4) is 0 Å². The number of carbonyl (C=O) groups is 1. The van der Waals surface area contributed by atoms with Gasteiger partial charge in [-0.25, -0.2) is 4.79 Å². The highest BCUT2D eigenvalue weighted by Crippen LogP contribution is 2.24. The zero-order valence-corrected chi connectivity index (χ0v) is 11.4. The molecule has 1 N–H and O–H groups in total. The molecule has 0 saturated carbocycles. The van der Waals surface area contributed by atoms with E-state index in [0.29, 0.717) is 11.7 Å². The smallest absolute Gasteiger partial charge is 0.339 e. The lowest BCUT2D eigenvalue weighted by Crippen LogP contribution is -2.38. The minimum atomic E-state index is -0.944. The first-order valence-electron chi connectivity index (χ1n) is 6.52. The van der Waals surface area contributed by atoms with Crippen molar-refractivity contribution < 1.29 is 9.90 Å². The summed E-state index contributed by atoms with van der Waals surface area (Å²) in [6, 6.07) is 1.51. The van der Waals surface area contributed by atoms with Crippen LogP contribution in [-0.4, -0.2) is 59.9 Å². The summed E-state index contributed by atoms with van der Waals surface area (Å²) in [4.78, 5) is 15.4. The second kappa shape index (κ2) is 5.97. The van der Waals surface area contributed by atoms with Crippen molar-refractivity contribution in [2.24, 2.45) is 5.92 Å². The van der Waals surface area contributed by atoms with Crippen molar-refractivity contribution >= 4 is 11.8 Å². The van der Waals surface area contributed by atoms with E-state index < -0.39 is 5.97 Å². The number of piperidine rings is 1. The van der Waals surface area contributed by atoms with Gasteiger partial charge in [0.2, 0.25) is 0 Å². The number of hydrogen-bond donors (Lipinski definition) is 1. The Kier molecular flexibility index (Phi) is 4.31. The van der Waals surface area contributed by atoms with Gasteiger partial charge in [-0.05, 0) is 38.9 Å². The van der Waals surface area contributed by atoms with Crippen molar-refractivity contribution in [3.05, 3.63) is 17.8 Å². The Morgan fingerprint density at radius 2 is 2.16 bits per heavy atom. The number of aromatic nitrogens is 2. The summed E-state index contributed by atoms with van der Waals surface area (Å²) in [5, 5.41) is 17.0. The second-order valence-corrected chi connectivity index (χ2v) is 5.27. The first-order chi connectivity index (χ1) is 9.08. The minimum absolute atomic E-state index is 0.237. The van der Waals surface area contributed by atoms with E-state index in [-0.39, 0.29) is 5.56 Å². The third-order valence-corrected chi connectivity index (χ3v) is 3.47. The van der Waals surface area contributed by atoms with Crippen molar-refractivity contribution in [2.45, 2.75) is 12.8 Å². The molecule has 1 aromatic rings. The van der Waals surface area contributed by atoms with E-state index in [1.54, 1.807) is 0 Å². The van der Waals surface area contributed by atoms with E-state index in [9.17, 15) is 4.79 Å². The van der Waals surface area contributed by atoms with Crippen molar-refractivity contribution in [3.8, 4) is 0 Å². The number of nitrogens with zero attached hydrogens (tertiary/aromatic N) is 4. The molecule has 0 unspecified atom stereocenters. The minimum Gasteiger partial charge on any atom is -0.478 e. The van der Waals surface area contributed by atoms with Gasteiger partial charge in [-0.1, -0.05) is 0 Å². The summed E-state index contributed by atoms with van der Waals surface area (Å²) < 4.78 is 0. The maximum atomic E-state index is 11.2. The zero-order chi connectivity index (χ0) is 13.8. The Morgan fingerprint density at radius 1 is 1.47 bits per heavy atom. The average Bonchev–Trinajstić information content (AvgIpc) is 2.39. The predicted molar refractivity (Wildman–Crippen MR) is 72.5 cm³/mol. The number of hydrogen-bond acceptors (Lipinski definition) is 5. The molecule has 1 fully saturated rings. The molecular weight excluding hydrogens is 244 g/mol. The van der Waals surface area contributed by atoms with Gasteiger partial charge >= 0.3 is 5.97 Å². The number of aromatic carboxylic acids is 1. The fraction of sp³-hybridized carbons (Fsp3) is 0.615. The molecular formula is C13H20N4O2. The number of carboxylic acid groups (broad SMARTS) is 1. The van der Waals surface area contributed by atoms with Crippen LogP contribution < -0.4 is 4.90 Å². The third kappa shape index (κ3) is 3.41. The molecule has 6 heteroatoms. The van der Waals surface area contributed by atoms with Gasteiger partial charge < -0.3 is 14.9 Å².